The van der Waals surface area contributed by atoms with Gasteiger partial charge in [-0.05, 0) is 37.1 Å². The lowest BCUT2D eigenvalue weighted by molar-refractivity contribution is -0.120. The standard InChI is InChI=1S/C14H18N2O4/c1-7-3-9(4-10(8(7)2)14(18)19)16-13(17)11-5-20-6-12(11)15/h3-4,11-12H,5-6,15H2,1-2H3,(H,16,17)(H,18,19). The summed E-state index contributed by atoms with van der Waals surface area (Å²) >= 11 is 0. The third-order valence-corrected chi connectivity index (χ3v) is 3.63. The van der Waals surface area contributed by atoms with Crippen molar-refractivity contribution >= 4 is 17.6 Å². The number of amides is 1. The van der Waals surface area contributed by atoms with Gasteiger partial charge in [0.2, 0.25) is 5.91 Å². The Morgan fingerprint density at radius 1 is 1.35 bits per heavy atom. The predicted molar refractivity (Wildman–Crippen MR) is 73.8 cm³/mol. The van der Waals surface area contributed by atoms with Gasteiger partial charge in [0.15, 0.2) is 0 Å². The summed E-state index contributed by atoms with van der Waals surface area (Å²) in [6.45, 7) is 4.21. The van der Waals surface area contributed by atoms with E-state index < -0.39 is 11.9 Å². The molecule has 2 atom stereocenters. The molecule has 1 saturated heterocycles. The van der Waals surface area contributed by atoms with Gasteiger partial charge in [0.1, 0.15) is 0 Å². The molecule has 2 unspecified atom stereocenters. The molecule has 6 nitrogen and oxygen atoms in total. The molecule has 2 rings (SSSR count). The van der Waals surface area contributed by atoms with Crippen LogP contribution in [-0.2, 0) is 9.53 Å². The van der Waals surface area contributed by atoms with Crippen LogP contribution >= 0.6 is 0 Å². The zero-order valence-corrected chi connectivity index (χ0v) is 11.5. The minimum atomic E-state index is -1.01. The molecule has 1 aliphatic rings. The number of aromatic carboxylic acids is 1. The molecule has 1 heterocycles. The van der Waals surface area contributed by atoms with Crippen LogP contribution in [0.4, 0.5) is 5.69 Å². The highest BCUT2D eigenvalue weighted by Gasteiger charge is 2.31. The van der Waals surface area contributed by atoms with Crippen molar-refractivity contribution in [3.8, 4) is 0 Å². The number of benzene rings is 1. The fraction of sp³-hybridized carbons (Fsp3) is 0.429. The normalized spacial score (nSPS) is 21.8. The molecule has 1 aromatic rings. The monoisotopic (exact) mass is 278 g/mol. The highest BCUT2D eigenvalue weighted by atomic mass is 16.5. The number of carboxylic acids is 1. The molecule has 0 radical (unpaired) electrons. The summed E-state index contributed by atoms with van der Waals surface area (Å²) in [7, 11) is 0. The van der Waals surface area contributed by atoms with Crippen molar-refractivity contribution in [3.63, 3.8) is 0 Å². The van der Waals surface area contributed by atoms with E-state index in [1.807, 2.05) is 6.92 Å². The van der Waals surface area contributed by atoms with E-state index in [-0.39, 0.29) is 17.5 Å². The third kappa shape index (κ3) is 2.81. The molecule has 0 spiro atoms. The lowest BCUT2D eigenvalue weighted by Crippen LogP contribution is -2.37. The van der Waals surface area contributed by atoms with Crippen molar-refractivity contribution in [3.05, 3.63) is 28.8 Å². The Labute approximate surface area is 116 Å². The summed E-state index contributed by atoms with van der Waals surface area (Å²) in [4.78, 5) is 23.3. The fourth-order valence-corrected chi connectivity index (χ4v) is 2.23. The smallest absolute Gasteiger partial charge is 0.336 e. The summed E-state index contributed by atoms with van der Waals surface area (Å²) in [5.74, 6) is -1.65. The molecule has 6 heteroatoms. The minimum absolute atomic E-state index is 0.187. The van der Waals surface area contributed by atoms with E-state index in [0.29, 0.717) is 24.5 Å². The van der Waals surface area contributed by atoms with Crippen LogP contribution in [0.2, 0.25) is 0 Å². The number of rotatable bonds is 3. The van der Waals surface area contributed by atoms with Crippen molar-refractivity contribution in [2.45, 2.75) is 19.9 Å². The molecule has 20 heavy (non-hydrogen) atoms. The summed E-state index contributed by atoms with van der Waals surface area (Å²) in [6, 6.07) is 2.89. The number of carbonyl (C=O) groups excluding carboxylic acids is 1. The topological polar surface area (TPSA) is 102 Å². The molecule has 108 valence electrons. The van der Waals surface area contributed by atoms with Crippen LogP contribution in [0.1, 0.15) is 21.5 Å². The summed E-state index contributed by atoms with van der Waals surface area (Å²) in [5, 5.41) is 11.9. The first-order chi connectivity index (χ1) is 9.40. The molecule has 0 aromatic heterocycles. The Bertz CT molecular complexity index is 556. The highest BCUT2D eigenvalue weighted by molar-refractivity contribution is 5.96. The van der Waals surface area contributed by atoms with Crippen molar-refractivity contribution in [2.24, 2.45) is 11.7 Å². The average molecular weight is 278 g/mol. The maximum absolute atomic E-state index is 12.1. The first-order valence-electron chi connectivity index (χ1n) is 6.39. The molecule has 1 amide bonds. The molecule has 0 bridgehead atoms. The van der Waals surface area contributed by atoms with E-state index >= 15 is 0 Å². The number of hydrogen-bond donors (Lipinski definition) is 3. The van der Waals surface area contributed by atoms with Crippen molar-refractivity contribution in [1.82, 2.24) is 0 Å². The Morgan fingerprint density at radius 3 is 2.60 bits per heavy atom. The van der Waals surface area contributed by atoms with E-state index in [1.165, 1.54) is 6.07 Å². The second-order valence-corrected chi connectivity index (χ2v) is 5.07. The zero-order chi connectivity index (χ0) is 14.9. The first kappa shape index (κ1) is 14.5. The highest BCUT2D eigenvalue weighted by Crippen LogP contribution is 2.21. The lowest BCUT2D eigenvalue weighted by Gasteiger charge is -2.15. The van der Waals surface area contributed by atoms with Gasteiger partial charge in [-0.25, -0.2) is 4.79 Å². The molecule has 4 N–H and O–H groups in total. The van der Waals surface area contributed by atoms with Gasteiger partial charge in [0, 0.05) is 11.7 Å². The number of anilines is 1. The number of hydrogen-bond acceptors (Lipinski definition) is 4. The van der Waals surface area contributed by atoms with Gasteiger partial charge in [0.05, 0.1) is 24.7 Å². The summed E-state index contributed by atoms with van der Waals surface area (Å²) in [5.41, 5.74) is 7.94. The maximum Gasteiger partial charge on any atom is 0.336 e. The summed E-state index contributed by atoms with van der Waals surface area (Å²) in [6.07, 6.45) is 0. The van der Waals surface area contributed by atoms with Crippen molar-refractivity contribution in [2.75, 3.05) is 18.5 Å². The largest absolute Gasteiger partial charge is 0.478 e. The van der Waals surface area contributed by atoms with Crippen LogP contribution in [-0.4, -0.2) is 36.2 Å². The Balaban J connectivity index is 2.21. The van der Waals surface area contributed by atoms with Gasteiger partial charge < -0.3 is 20.9 Å². The quantitative estimate of drug-likeness (QED) is 0.763. The minimum Gasteiger partial charge on any atom is -0.478 e. The zero-order valence-electron chi connectivity index (χ0n) is 11.5. The Hall–Kier alpha value is -1.92. The van der Waals surface area contributed by atoms with Gasteiger partial charge >= 0.3 is 5.97 Å². The van der Waals surface area contributed by atoms with E-state index in [0.717, 1.165) is 5.56 Å². The molecule has 0 saturated carbocycles. The van der Waals surface area contributed by atoms with Crippen LogP contribution in [0, 0.1) is 19.8 Å². The lowest BCUT2D eigenvalue weighted by atomic mass is 10.0. The molecule has 0 aliphatic carbocycles. The van der Waals surface area contributed by atoms with Crippen LogP contribution in [0.15, 0.2) is 12.1 Å². The number of ether oxygens (including phenoxy) is 1. The van der Waals surface area contributed by atoms with E-state index in [2.05, 4.69) is 5.32 Å². The molecule has 1 aliphatic heterocycles. The van der Waals surface area contributed by atoms with Gasteiger partial charge in [-0.15, -0.1) is 0 Å². The van der Waals surface area contributed by atoms with Gasteiger partial charge in [-0.1, -0.05) is 0 Å². The predicted octanol–water partition coefficient (Wildman–Crippen LogP) is 0.914. The van der Waals surface area contributed by atoms with Crippen LogP contribution in [0.25, 0.3) is 0 Å². The number of nitrogens with one attached hydrogen (secondary N) is 1. The third-order valence-electron chi connectivity index (χ3n) is 3.63. The first-order valence-corrected chi connectivity index (χ1v) is 6.39. The maximum atomic E-state index is 12.1. The van der Waals surface area contributed by atoms with Crippen LogP contribution in [0.3, 0.4) is 0 Å². The van der Waals surface area contributed by atoms with E-state index in [4.69, 9.17) is 15.6 Å². The SMILES string of the molecule is Cc1cc(NC(=O)C2COCC2N)cc(C(=O)O)c1C. The van der Waals surface area contributed by atoms with Crippen molar-refractivity contribution in [1.29, 1.82) is 0 Å². The van der Waals surface area contributed by atoms with E-state index in [9.17, 15) is 9.59 Å². The Morgan fingerprint density at radius 2 is 2.05 bits per heavy atom. The fourth-order valence-electron chi connectivity index (χ4n) is 2.23. The number of carboxylic acid groups (broad SMARTS) is 1. The molecular weight excluding hydrogens is 260 g/mol. The van der Waals surface area contributed by atoms with Gasteiger partial charge in [-0.3, -0.25) is 4.79 Å². The second-order valence-electron chi connectivity index (χ2n) is 5.07. The van der Waals surface area contributed by atoms with Crippen LogP contribution < -0.4 is 11.1 Å². The van der Waals surface area contributed by atoms with E-state index in [1.54, 1.807) is 13.0 Å². The van der Waals surface area contributed by atoms with Gasteiger partial charge in [-0.2, -0.15) is 0 Å². The molecule has 1 fully saturated rings. The molecule has 1 aromatic carbocycles. The average Bonchev–Trinajstić information content (AvgIpc) is 2.79. The van der Waals surface area contributed by atoms with Crippen molar-refractivity contribution < 1.29 is 19.4 Å². The van der Waals surface area contributed by atoms with Crippen LogP contribution in [0.5, 0.6) is 0 Å². The summed E-state index contributed by atoms with van der Waals surface area (Å²) < 4.78 is 5.15. The number of carbonyl (C=O) groups is 2. The number of aryl methyl sites for hydroxylation is 1. The Kier molecular flexibility index (Phi) is 4.06. The molecular formula is C14H18N2O4. The van der Waals surface area contributed by atoms with Gasteiger partial charge in [0.25, 0.3) is 0 Å². The second kappa shape index (κ2) is 5.60. The number of nitrogens with two attached hydrogens (primary N) is 1.